The summed E-state index contributed by atoms with van der Waals surface area (Å²) >= 11 is 0. The van der Waals surface area contributed by atoms with Crippen LogP contribution in [0.5, 0.6) is 0 Å². The van der Waals surface area contributed by atoms with Crippen molar-refractivity contribution in [2.24, 2.45) is 4.99 Å². The van der Waals surface area contributed by atoms with E-state index in [4.69, 9.17) is 0 Å². The summed E-state index contributed by atoms with van der Waals surface area (Å²) in [4.78, 5) is 4.34. The van der Waals surface area contributed by atoms with Gasteiger partial charge in [0.2, 0.25) is 0 Å². The number of allylic oxidation sites excluding steroid dienone is 5. The van der Waals surface area contributed by atoms with Gasteiger partial charge in [0.15, 0.2) is 0 Å². The maximum Gasteiger partial charge on any atom is 0.0443 e. The Kier molecular flexibility index (Phi) is 5.02. The van der Waals surface area contributed by atoms with E-state index in [1.165, 1.54) is 0 Å². The Bertz CT molecular complexity index is 238. The van der Waals surface area contributed by atoms with Crippen LogP contribution in [-0.2, 0) is 0 Å². The van der Waals surface area contributed by atoms with Crippen molar-refractivity contribution in [1.29, 1.82) is 0 Å². The molecule has 0 aromatic carbocycles. The van der Waals surface area contributed by atoms with Crippen LogP contribution in [0.2, 0.25) is 0 Å². The molecule has 0 aliphatic heterocycles. The minimum atomic E-state index is 1.02. The zero-order valence-electron chi connectivity index (χ0n) is 8.39. The van der Waals surface area contributed by atoms with Crippen molar-refractivity contribution in [2.45, 2.75) is 27.7 Å². The topological polar surface area (TPSA) is 12.4 Å². The standard InChI is InChI=1S/C11H17N/c1-6-8-11(7-2)10(5)12-9(3)4/h6-8H,2H2,1,3-5H3/b8-6-,11-10+. The molecule has 0 atom stereocenters. The maximum absolute atomic E-state index is 4.34. The average molecular weight is 163 g/mol. The van der Waals surface area contributed by atoms with E-state index < -0.39 is 0 Å². The SMILES string of the molecule is C=CC(/C=C\C)=C(/C)N=C(C)C. The summed E-state index contributed by atoms with van der Waals surface area (Å²) in [6.45, 7) is 11.7. The van der Waals surface area contributed by atoms with Gasteiger partial charge in [0, 0.05) is 11.4 Å². The van der Waals surface area contributed by atoms with Crippen molar-refractivity contribution in [3.05, 3.63) is 36.1 Å². The molecule has 0 heterocycles. The van der Waals surface area contributed by atoms with Gasteiger partial charge in [-0.3, -0.25) is 4.99 Å². The van der Waals surface area contributed by atoms with Gasteiger partial charge in [-0.1, -0.05) is 24.8 Å². The van der Waals surface area contributed by atoms with E-state index in [9.17, 15) is 0 Å². The van der Waals surface area contributed by atoms with Crippen LogP contribution in [0.15, 0.2) is 41.1 Å². The quantitative estimate of drug-likeness (QED) is 0.446. The number of rotatable bonds is 3. The van der Waals surface area contributed by atoms with E-state index in [0.29, 0.717) is 0 Å². The molecule has 0 bridgehead atoms. The second-order valence-electron chi connectivity index (χ2n) is 2.80. The lowest BCUT2D eigenvalue weighted by atomic mass is 10.2. The summed E-state index contributed by atoms with van der Waals surface area (Å²) < 4.78 is 0. The van der Waals surface area contributed by atoms with Gasteiger partial charge in [-0.25, -0.2) is 0 Å². The molecule has 0 aliphatic carbocycles. The van der Waals surface area contributed by atoms with Crippen molar-refractivity contribution < 1.29 is 0 Å². The van der Waals surface area contributed by atoms with E-state index in [1.807, 2.05) is 45.9 Å². The summed E-state index contributed by atoms with van der Waals surface area (Å²) in [6, 6.07) is 0. The van der Waals surface area contributed by atoms with Crippen LogP contribution in [0.4, 0.5) is 0 Å². The molecule has 0 aromatic heterocycles. The molecule has 0 spiro atoms. The van der Waals surface area contributed by atoms with Gasteiger partial charge in [0.25, 0.3) is 0 Å². The van der Waals surface area contributed by atoms with Crippen LogP contribution < -0.4 is 0 Å². The van der Waals surface area contributed by atoms with Gasteiger partial charge >= 0.3 is 0 Å². The minimum absolute atomic E-state index is 1.02. The fourth-order valence-corrected chi connectivity index (χ4v) is 0.916. The molecular weight excluding hydrogens is 146 g/mol. The van der Waals surface area contributed by atoms with Crippen LogP contribution in [0.3, 0.4) is 0 Å². The fourth-order valence-electron chi connectivity index (χ4n) is 0.916. The maximum atomic E-state index is 4.34. The third-order valence-corrected chi connectivity index (χ3v) is 1.38. The first kappa shape index (κ1) is 10.9. The van der Waals surface area contributed by atoms with E-state index in [2.05, 4.69) is 11.6 Å². The molecule has 0 aliphatic rings. The second kappa shape index (κ2) is 5.53. The normalized spacial score (nSPS) is 12.7. The fraction of sp³-hybridized carbons (Fsp3) is 0.364. The van der Waals surface area contributed by atoms with Gasteiger partial charge in [0.1, 0.15) is 0 Å². The molecule has 1 heteroatoms. The number of hydrogen-bond donors (Lipinski definition) is 0. The third kappa shape index (κ3) is 3.91. The highest BCUT2D eigenvalue weighted by Gasteiger charge is 1.91. The van der Waals surface area contributed by atoms with Crippen molar-refractivity contribution in [3.8, 4) is 0 Å². The summed E-state index contributed by atoms with van der Waals surface area (Å²) in [7, 11) is 0. The monoisotopic (exact) mass is 163 g/mol. The smallest absolute Gasteiger partial charge is 0.0443 e. The molecule has 0 aromatic rings. The minimum Gasteiger partial charge on any atom is -0.263 e. The number of nitrogens with zero attached hydrogens (tertiary/aromatic N) is 1. The Morgan fingerprint density at radius 3 is 2.17 bits per heavy atom. The molecule has 1 nitrogen and oxygen atoms in total. The Morgan fingerprint density at radius 2 is 1.83 bits per heavy atom. The van der Waals surface area contributed by atoms with Gasteiger partial charge in [-0.15, -0.1) is 0 Å². The molecular formula is C11H17N. The Balaban J connectivity index is 4.84. The molecule has 0 saturated heterocycles. The highest BCUT2D eigenvalue weighted by Crippen LogP contribution is 2.08. The lowest BCUT2D eigenvalue weighted by Crippen LogP contribution is -1.84. The summed E-state index contributed by atoms with van der Waals surface area (Å²) in [6.07, 6.45) is 5.82. The predicted octanol–water partition coefficient (Wildman–Crippen LogP) is 3.50. The average Bonchev–Trinajstić information content (AvgIpc) is 1.98. The van der Waals surface area contributed by atoms with Gasteiger partial charge < -0.3 is 0 Å². The molecule has 0 N–H and O–H groups in total. The molecule has 0 rings (SSSR count). The third-order valence-electron chi connectivity index (χ3n) is 1.38. The number of aliphatic imine (C=N–C) groups is 1. The molecule has 12 heavy (non-hydrogen) atoms. The Morgan fingerprint density at radius 1 is 1.25 bits per heavy atom. The molecule has 0 unspecified atom stereocenters. The molecule has 0 fully saturated rings. The molecule has 0 saturated carbocycles. The van der Waals surface area contributed by atoms with E-state index in [1.54, 1.807) is 0 Å². The van der Waals surface area contributed by atoms with Gasteiger partial charge in [0.05, 0.1) is 0 Å². The van der Waals surface area contributed by atoms with Crippen LogP contribution in [-0.4, -0.2) is 5.71 Å². The van der Waals surface area contributed by atoms with E-state index in [0.717, 1.165) is 17.0 Å². The largest absolute Gasteiger partial charge is 0.263 e. The zero-order chi connectivity index (χ0) is 9.56. The lowest BCUT2D eigenvalue weighted by Gasteiger charge is -1.98. The zero-order valence-corrected chi connectivity index (χ0v) is 8.39. The van der Waals surface area contributed by atoms with Crippen molar-refractivity contribution in [3.63, 3.8) is 0 Å². The first-order valence-electron chi connectivity index (χ1n) is 4.09. The summed E-state index contributed by atoms with van der Waals surface area (Å²) in [5.41, 5.74) is 3.16. The van der Waals surface area contributed by atoms with Crippen molar-refractivity contribution >= 4 is 5.71 Å². The highest BCUT2D eigenvalue weighted by molar-refractivity contribution is 5.80. The highest BCUT2D eigenvalue weighted by atomic mass is 14.7. The van der Waals surface area contributed by atoms with Crippen LogP contribution in [0.1, 0.15) is 27.7 Å². The van der Waals surface area contributed by atoms with Crippen LogP contribution in [0.25, 0.3) is 0 Å². The predicted molar refractivity (Wildman–Crippen MR) is 56.5 cm³/mol. The lowest BCUT2D eigenvalue weighted by molar-refractivity contribution is 1.25. The molecule has 0 amide bonds. The Labute approximate surface area is 75.2 Å². The molecule has 0 radical (unpaired) electrons. The second-order valence-corrected chi connectivity index (χ2v) is 2.80. The van der Waals surface area contributed by atoms with Crippen LogP contribution in [0, 0.1) is 0 Å². The summed E-state index contributed by atoms with van der Waals surface area (Å²) in [5.74, 6) is 0. The Hall–Kier alpha value is -1.11. The van der Waals surface area contributed by atoms with Gasteiger partial charge in [-0.2, -0.15) is 0 Å². The first-order chi connectivity index (χ1) is 5.61. The van der Waals surface area contributed by atoms with Gasteiger partial charge in [-0.05, 0) is 33.3 Å². The van der Waals surface area contributed by atoms with Crippen LogP contribution >= 0.6 is 0 Å². The summed E-state index contributed by atoms with van der Waals surface area (Å²) in [5, 5.41) is 0. The number of hydrogen-bond acceptors (Lipinski definition) is 1. The van der Waals surface area contributed by atoms with Crippen molar-refractivity contribution in [1.82, 2.24) is 0 Å². The van der Waals surface area contributed by atoms with E-state index >= 15 is 0 Å². The first-order valence-corrected chi connectivity index (χ1v) is 4.09. The van der Waals surface area contributed by atoms with E-state index in [-0.39, 0.29) is 0 Å². The van der Waals surface area contributed by atoms with Crippen molar-refractivity contribution in [2.75, 3.05) is 0 Å². The molecule has 66 valence electrons.